The van der Waals surface area contributed by atoms with Gasteiger partial charge in [-0.25, -0.2) is 9.37 Å². The van der Waals surface area contributed by atoms with Crippen molar-refractivity contribution in [2.24, 2.45) is 5.73 Å². The number of nitrogens with two attached hydrogens (primary N) is 1. The minimum atomic E-state index is -0.588. The third-order valence-electron chi connectivity index (χ3n) is 3.27. The lowest BCUT2D eigenvalue weighted by Crippen LogP contribution is -2.12. The van der Waals surface area contributed by atoms with Gasteiger partial charge in [-0.2, -0.15) is 0 Å². The summed E-state index contributed by atoms with van der Waals surface area (Å²) in [5.41, 5.74) is 6.81. The van der Waals surface area contributed by atoms with Crippen LogP contribution < -0.4 is 10.5 Å². The molecule has 6 heteroatoms. The number of nitrogens with zero attached hydrogens (tertiary/aromatic N) is 1. The lowest BCUT2D eigenvalue weighted by molar-refractivity contribution is 0.0995. The zero-order valence-electron chi connectivity index (χ0n) is 12.4. The molecule has 0 radical (unpaired) electrons. The van der Waals surface area contributed by atoms with Gasteiger partial charge in [0.25, 0.3) is 5.91 Å². The van der Waals surface area contributed by atoms with Gasteiger partial charge < -0.3 is 10.5 Å². The Morgan fingerprint density at radius 1 is 1.08 bits per heavy atom. The van der Waals surface area contributed by atoms with E-state index in [1.807, 2.05) is 0 Å². The van der Waals surface area contributed by atoms with Gasteiger partial charge in [0.05, 0.1) is 5.69 Å². The van der Waals surface area contributed by atoms with E-state index in [4.69, 9.17) is 22.1 Å². The molecule has 0 bridgehead atoms. The molecule has 0 saturated carbocycles. The maximum atomic E-state index is 13.7. The second-order valence-electron chi connectivity index (χ2n) is 4.97. The summed E-state index contributed by atoms with van der Waals surface area (Å²) in [6, 6.07) is 16.1. The first kappa shape index (κ1) is 16.0. The van der Waals surface area contributed by atoms with Crippen LogP contribution in [-0.2, 0) is 0 Å². The Bertz CT molecular complexity index is 898. The molecule has 1 heterocycles. The van der Waals surface area contributed by atoms with Crippen LogP contribution >= 0.6 is 11.6 Å². The lowest BCUT2D eigenvalue weighted by atomic mass is 10.1. The van der Waals surface area contributed by atoms with E-state index in [0.717, 1.165) is 5.56 Å². The normalized spacial score (nSPS) is 10.4. The second-order valence-corrected chi connectivity index (χ2v) is 5.41. The van der Waals surface area contributed by atoms with Crippen molar-refractivity contribution in [3.05, 3.63) is 77.2 Å². The number of carbonyl (C=O) groups is 1. The average molecular weight is 343 g/mol. The highest BCUT2D eigenvalue weighted by molar-refractivity contribution is 6.30. The fourth-order valence-electron chi connectivity index (χ4n) is 2.11. The number of aromatic nitrogens is 1. The third kappa shape index (κ3) is 3.52. The van der Waals surface area contributed by atoms with E-state index in [-0.39, 0.29) is 11.4 Å². The van der Waals surface area contributed by atoms with Crippen LogP contribution in [0.15, 0.2) is 60.7 Å². The summed E-state index contributed by atoms with van der Waals surface area (Å²) in [5.74, 6) is -0.579. The Kier molecular flexibility index (Phi) is 4.44. The van der Waals surface area contributed by atoms with Crippen LogP contribution in [0.4, 0.5) is 4.39 Å². The SMILES string of the molecule is NC(=O)c1cccc(-c2ccc(Oc3ccc(Cl)cc3F)cc2)n1. The molecular weight excluding hydrogens is 331 g/mol. The number of halogens is 2. The van der Waals surface area contributed by atoms with Gasteiger partial charge in [0.1, 0.15) is 11.4 Å². The fraction of sp³-hybridized carbons (Fsp3) is 0. The van der Waals surface area contributed by atoms with Crippen LogP contribution in [0.3, 0.4) is 0 Å². The molecule has 0 aliphatic rings. The topological polar surface area (TPSA) is 65.2 Å². The molecule has 3 rings (SSSR count). The fourth-order valence-corrected chi connectivity index (χ4v) is 2.27. The van der Waals surface area contributed by atoms with Crippen LogP contribution in [0.2, 0.25) is 5.02 Å². The van der Waals surface area contributed by atoms with Crippen LogP contribution in [0.5, 0.6) is 11.5 Å². The number of amides is 1. The number of hydrogen-bond acceptors (Lipinski definition) is 3. The van der Waals surface area contributed by atoms with E-state index in [2.05, 4.69) is 4.98 Å². The zero-order valence-corrected chi connectivity index (χ0v) is 13.1. The van der Waals surface area contributed by atoms with Crippen LogP contribution in [-0.4, -0.2) is 10.9 Å². The first-order valence-corrected chi connectivity index (χ1v) is 7.41. The molecule has 120 valence electrons. The van der Waals surface area contributed by atoms with E-state index in [9.17, 15) is 9.18 Å². The maximum Gasteiger partial charge on any atom is 0.267 e. The summed E-state index contributed by atoms with van der Waals surface area (Å²) in [7, 11) is 0. The van der Waals surface area contributed by atoms with Crippen molar-refractivity contribution in [2.75, 3.05) is 0 Å². The van der Waals surface area contributed by atoms with Crippen LogP contribution in [0.1, 0.15) is 10.5 Å². The molecule has 3 aromatic rings. The van der Waals surface area contributed by atoms with Gasteiger partial charge in [0.15, 0.2) is 11.6 Å². The van der Waals surface area contributed by atoms with Crippen LogP contribution in [0.25, 0.3) is 11.3 Å². The largest absolute Gasteiger partial charge is 0.454 e. The van der Waals surface area contributed by atoms with Crippen molar-refractivity contribution >= 4 is 17.5 Å². The van der Waals surface area contributed by atoms with Gasteiger partial charge in [-0.15, -0.1) is 0 Å². The Labute approximate surface area is 142 Å². The lowest BCUT2D eigenvalue weighted by Gasteiger charge is -2.08. The standard InChI is InChI=1S/C18H12ClFN2O2/c19-12-6-9-17(14(20)10-12)24-13-7-4-11(5-8-13)15-2-1-3-16(22-15)18(21)23/h1-10H,(H2,21,23). The van der Waals surface area contributed by atoms with E-state index in [1.165, 1.54) is 12.1 Å². The van der Waals surface area contributed by atoms with Gasteiger partial charge in [0, 0.05) is 10.6 Å². The third-order valence-corrected chi connectivity index (χ3v) is 3.51. The Hall–Kier alpha value is -2.92. The van der Waals surface area contributed by atoms with Gasteiger partial charge in [-0.05, 0) is 54.6 Å². The van der Waals surface area contributed by atoms with Crippen molar-refractivity contribution in [1.29, 1.82) is 0 Å². The van der Waals surface area contributed by atoms with Gasteiger partial charge >= 0.3 is 0 Å². The Morgan fingerprint density at radius 2 is 1.83 bits per heavy atom. The van der Waals surface area contributed by atoms with Crippen LogP contribution in [0, 0.1) is 5.82 Å². The smallest absolute Gasteiger partial charge is 0.267 e. The van der Waals surface area contributed by atoms with E-state index in [0.29, 0.717) is 16.5 Å². The summed E-state index contributed by atoms with van der Waals surface area (Å²) in [6.07, 6.45) is 0. The van der Waals surface area contributed by atoms with E-state index < -0.39 is 11.7 Å². The predicted octanol–water partition coefficient (Wildman–Crippen LogP) is 4.43. The van der Waals surface area contributed by atoms with Crippen molar-refractivity contribution in [2.45, 2.75) is 0 Å². The zero-order chi connectivity index (χ0) is 17.1. The number of carbonyl (C=O) groups excluding carboxylic acids is 1. The monoisotopic (exact) mass is 342 g/mol. The average Bonchev–Trinajstić information content (AvgIpc) is 2.58. The maximum absolute atomic E-state index is 13.7. The second kappa shape index (κ2) is 6.68. The number of hydrogen-bond donors (Lipinski definition) is 1. The molecule has 4 nitrogen and oxygen atoms in total. The first-order valence-electron chi connectivity index (χ1n) is 7.03. The quantitative estimate of drug-likeness (QED) is 0.762. The summed E-state index contributed by atoms with van der Waals surface area (Å²) >= 11 is 5.71. The van der Waals surface area contributed by atoms with Gasteiger partial charge in [-0.3, -0.25) is 4.79 Å². The molecule has 0 aliphatic carbocycles. The van der Waals surface area contributed by atoms with Crippen molar-refractivity contribution < 1.29 is 13.9 Å². The predicted molar refractivity (Wildman–Crippen MR) is 89.7 cm³/mol. The molecule has 0 fully saturated rings. The summed E-state index contributed by atoms with van der Waals surface area (Å²) in [5, 5.41) is 0.301. The molecule has 0 atom stereocenters. The number of rotatable bonds is 4. The Morgan fingerprint density at radius 3 is 2.50 bits per heavy atom. The number of pyridine rings is 1. The van der Waals surface area contributed by atoms with E-state index in [1.54, 1.807) is 48.5 Å². The molecule has 0 unspecified atom stereocenters. The van der Waals surface area contributed by atoms with Crippen molar-refractivity contribution in [3.8, 4) is 22.8 Å². The highest BCUT2D eigenvalue weighted by Crippen LogP contribution is 2.28. The number of benzene rings is 2. The molecule has 0 spiro atoms. The van der Waals surface area contributed by atoms with Crippen molar-refractivity contribution in [3.63, 3.8) is 0 Å². The van der Waals surface area contributed by atoms with Gasteiger partial charge in [0.2, 0.25) is 0 Å². The summed E-state index contributed by atoms with van der Waals surface area (Å²) < 4.78 is 19.2. The highest BCUT2D eigenvalue weighted by atomic mass is 35.5. The van der Waals surface area contributed by atoms with Crippen molar-refractivity contribution in [1.82, 2.24) is 4.98 Å². The highest BCUT2D eigenvalue weighted by Gasteiger charge is 2.08. The van der Waals surface area contributed by atoms with E-state index >= 15 is 0 Å². The molecule has 2 N–H and O–H groups in total. The molecular formula is C18H12ClFN2O2. The first-order chi connectivity index (χ1) is 11.5. The number of primary amides is 1. The summed E-state index contributed by atoms with van der Waals surface area (Å²) in [4.78, 5) is 15.4. The number of ether oxygens (including phenoxy) is 1. The molecule has 0 saturated heterocycles. The molecule has 0 aliphatic heterocycles. The summed E-state index contributed by atoms with van der Waals surface area (Å²) in [6.45, 7) is 0. The molecule has 1 amide bonds. The molecule has 24 heavy (non-hydrogen) atoms. The minimum Gasteiger partial charge on any atom is -0.454 e. The Balaban J connectivity index is 1.83. The van der Waals surface area contributed by atoms with Gasteiger partial charge in [-0.1, -0.05) is 17.7 Å². The molecule has 2 aromatic carbocycles. The molecule has 1 aromatic heterocycles. The minimum absolute atomic E-state index is 0.0843.